The fourth-order valence-electron chi connectivity index (χ4n) is 3.19. The van der Waals surface area contributed by atoms with Crippen molar-refractivity contribution in [2.45, 2.75) is 57.0 Å². The van der Waals surface area contributed by atoms with Gasteiger partial charge < -0.3 is 10.2 Å². The van der Waals surface area contributed by atoms with Gasteiger partial charge in [0.1, 0.15) is 0 Å². The highest BCUT2D eigenvalue weighted by molar-refractivity contribution is 7.88. The zero-order chi connectivity index (χ0) is 15.3. The first-order valence-electron chi connectivity index (χ1n) is 7.96. The Hall–Kier alpha value is -0.660. The van der Waals surface area contributed by atoms with E-state index in [1.165, 1.54) is 6.42 Å². The minimum Gasteiger partial charge on any atom is -0.337 e. The van der Waals surface area contributed by atoms with E-state index in [2.05, 4.69) is 10.0 Å². The van der Waals surface area contributed by atoms with Crippen molar-refractivity contribution < 1.29 is 13.2 Å². The van der Waals surface area contributed by atoms with Gasteiger partial charge in [0, 0.05) is 19.1 Å². The van der Waals surface area contributed by atoms with Crippen LogP contribution in [0.2, 0.25) is 0 Å². The normalized spacial score (nSPS) is 28.1. The Bertz CT molecular complexity index is 444. The monoisotopic (exact) mass is 317 g/mol. The molecule has 0 aromatic heterocycles. The van der Waals surface area contributed by atoms with Crippen molar-refractivity contribution in [2.24, 2.45) is 0 Å². The van der Waals surface area contributed by atoms with Crippen LogP contribution < -0.4 is 10.0 Å². The maximum Gasteiger partial charge on any atom is 0.239 e. The molecule has 122 valence electrons. The number of carbonyl (C=O) groups is 1. The number of piperidine rings is 1. The Balaban J connectivity index is 1.97. The SMILES string of the molecule is CS(=O)(=O)NCC1CCCCN1C(=O)C1CCCCCN1. The van der Waals surface area contributed by atoms with Crippen LogP contribution in [0.5, 0.6) is 0 Å². The fourth-order valence-corrected chi connectivity index (χ4v) is 3.69. The largest absolute Gasteiger partial charge is 0.337 e. The standard InChI is InChI=1S/C14H27N3O3S/c1-21(19,20)16-11-12-7-4-6-10-17(12)14(18)13-8-3-2-5-9-15-13/h12-13,15-16H,2-11H2,1H3. The molecule has 2 unspecified atom stereocenters. The predicted octanol–water partition coefficient (Wildman–Crippen LogP) is 0.449. The summed E-state index contributed by atoms with van der Waals surface area (Å²) in [7, 11) is -3.21. The molecule has 6 nitrogen and oxygen atoms in total. The van der Waals surface area contributed by atoms with Gasteiger partial charge in [-0.3, -0.25) is 4.79 Å². The molecule has 1 amide bonds. The lowest BCUT2D eigenvalue weighted by molar-refractivity contribution is -0.137. The molecule has 21 heavy (non-hydrogen) atoms. The van der Waals surface area contributed by atoms with Crippen LogP contribution in [0.4, 0.5) is 0 Å². The topological polar surface area (TPSA) is 78.5 Å². The quantitative estimate of drug-likeness (QED) is 0.789. The van der Waals surface area contributed by atoms with E-state index in [0.29, 0.717) is 6.54 Å². The highest BCUT2D eigenvalue weighted by Crippen LogP contribution is 2.20. The van der Waals surface area contributed by atoms with Gasteiger partial charge in [-0.15, -0.1) is 0 Å². The van der Waals surface area contributed by atoms with E-state index >= 15 is 0 Å². The van der Waals surface area contributed by atoms with Crippen LogP contribution in [-0.4, -0.2) is 57.2 Å². The van der Waals surface area contributed by atoms with Gasteiger partial charge in [0.2, 0.25) is 15.9 Å². The third-order valence-corrected chi connectivity index (χ3v) is 5.04. The van der Waals surface area contributed by atoms with Crippen molar-refractivity contribution in [3.8, 4) is 0 Å². The number of hydrogen-bond acceptors (Lipinski definition) is 4. The van der Waals surface area contributed by atoms with Crippen LogP contribution in [0.1, 0.15) is 44.9 Å². The zero-order valence-corrected chi connectivity index (χ0v) is 13.6. The third-order valence-electron chi connectivity index (χ3n) is 4.35. The molecular formula is C14H27N3O3S. The number of nitrogens with one attached hydrogen (secondary N) is 2. The molecule has 2 heterocycles. The second-order valence-corrected chi connectivity index (χ2v) is 7.99. The van der Waals surface area contributed by atoms with Crippen LogP contribution >= 0.6 is 0 Å². The zero-order valence-electron chi connectivity index (χ0n) is 12.8. The van der Waals surface area contributed by atoms with Crippen molar-refractivity contribution in [1.82, 2.24) is 14.9 Å². The maximum atomic E-state index is 12.7. The van der Waals surface area contributed by atoms with E-state index < -0.39 is 10.0 Å². The molecule has 2 fully saturated rings. The van der Waals surface area contributed by atoms with Gasteiger partial charge in [-0.05, 0) is 38.6 Å². The van der Waals surface area contributed by atoms with Crippen molar-refractivity contribution in [3.05, 3.63) is 0 Å². The Morgan fingerprint density at radius 1 is 1.19 bits per heavy atom. The molecule has 2 aliphatic rings. The smallest absolute Gasteiger partial charge is 0.239 e. The van der Waals surface area contributed by atoms with Gasteiger partial charge in [0.15, 0.2) is 0 Å². The molecule has 0 aliphatic carbocycles. The third kappa shape index (κ3) is 5.23. The molecule has 0 bridgehead atoms. The lowest BCUT2D eigenvalue weighted by atomic mass is 10.00. The van der Waals surface area contributed by atoms with Crippen LogP contribution in [0.3, 0.4) is 0 Å². The first-order chi connectivity index (χ1) is 9.97. The molecule has 0 spiro atoms. The van der Waals surface area contributed by atoms with E-state index in [0.717, 1.165) is 57.9 Å². The van der Waals surface area contributed by atoms with Crippen LogP contribution in [0.25, 0.3) is 0 Å². The molecular weight excluding hydrogens is 290 g/mol. The predicted molar refractivity (Wildman–Crippen MR) is 82.5 cm³/mol. The second kappa shape index (κ2) is 7.56. The summed E-state index contributed by atoms with van der Waals surface area (Å²) in [6, 6.07) is -0.0997. The number of nitrogens with zero attached hydrogens (tertiary/aromatic N) is 1. The molecule has 7 heteroatoms. The van der Waals surface area contributed by atoms with Gasteiger partial charge in [0.25, 0.3) is 0 Å². The highest BCUT2D eigenvalue weighted by Gasteiger charge is 2.31. The van der Waals surface area contributed by atoms with Crippen LogP contribution in [0, 0.1) is 0 Å². The summed E-state index contributed by atoms with van der Waals surface area (Å²) in [6.07, 6.45) is 8.38. The van der Waals surface area contributed by atoms with Crippen LogP contribution in [-0.2, 0) is 14.8 Å². The number of amides is 1. The first-order valence-corrected chi connectivity index (χ1v) is 9.85. The van der Waals surface area contributed by atoms with Gasteiger partial charge in [-0.25, -0.2) is 13.1 Å². The average Bonchev–Trinajstić information content (AvgIpc) is 2.73. The highest BCUT2D eigenvalue weighted by atomic mass is 32.2. The Labute approximate surface area is 127 Å². The van der Waals surface area contributed by atoms with Crippen molar-refractivity contribution in [3.63, 3.8) is 0 Å². The Morgan fingerprint density at radius 3 is 2.71 bits per heavy atom. The molecule has 0 aromatic rings. The van der Waals surface area contributed by atoms with Gasteiger partial charge in [-0.2, -0.15) is 0 Å². The maximum absolute atomic E-state index is 12.7. The van der Waals surface area contributed by atoms with E-state index in [1.54, 1.807) is 0 Å². The molecule has 0 saturated carbocycles. The number of hydrogen-bond donors (Lipinski definition) is 2. The van der Waals surface area contributed by atoms with Gasteiger partial charge in [-0.1, -0.05) is 12.8 Å². The summed E-state index contributed by atoms with van der Waals surface area (Å²) in [5.41, 5.74) is 0. The average molecular weight is 317 g/mol. The molecule has 2 saturated heterocycles. The van der Waals surface area contributed by atoms with E-state index in [9.17, 15) is 13.2 Å². The minimum atomic E-state index is -3.21. The Kier molecular flexibility index (Phi) is 6.01. The van der Waals surface area contributed by atoms with E-state index in [1.807, 2.05) is 4.90 Å². The second-order valence-electron chi connectivity index (χ2n) is 6.16. The lowest BCUT2D eigenvalue weighted by Gasteiger charge is -2.38. The van der Waals surface area contributed by atoms with Crippen LogP contribution in [0.15, 0.2) is 0 Å². The van der Waals surface area contributed by atoms with E-state index in [4.69, 9.17) is 0 Å². The summed E-state index contributed by atoms with van der Waals surface area (Å²) in [5, 5.41) is 3.34. The fraction of sp³-hybridized carbons (Fsp3) is 0.929. The number of rotatable bonds is 4. The van der Waals surface area contributed by atoms with Crippen molar-refractivity contribution >= 4 is 15.9 Å². The summed E-state index contributed by atoms with van der Waals surface area (Å²) >= 11 is 0. The molecule has 2 atom stereocenters. The van der Waals surface area contributed by atoms with E-state index in [-0.39, 0.29) is 18.0 Å². The minimum absolute atomic E-state index is 0.00831. The summed E-state index contributed by atoms with van der Waals surface area (Å²) in [5.74, 6) is 0.150. The number of likely N-dealkylation sites (tertiary alicyclic amines) is 1. The number of sulfonamides is 1. The number of carbonyl (C=O) groups excluding carboxylic acids is 1. The molecule has 0 radical (unpaired) electrons. The van der Waals surface area contributed by atoms with Gasteiger partial charge >= 0.3 is 0 Å². The lowest BCUT2D eigenvalue weighted by Crippen LogP contribution is -2.55. The van der Waals surface area contributed by atoms with Crippen molar-refractivity contribution in [2.75, 3.05) is 25.9 Å². The molecule has 2 rings (SSSR count). The molecule has 0 aromatic carbocycles. The molecule has 2 aliphatic heterocycles. The van der Waals surface area contributed by atoms with Gasteiger partial charge in [0.05, 0.1) is 12.3 Å². The molecule has 2 N–H and O–H groups in total. The Morgan fingerprint density at radius 2 is 1.95 bits per heavy atom. The summed E-state index contributed by atoms with van der Waals surface area (Å²) in [4.78, 5) is 14.6. The first kappa shape index (κ1) is 16.7. The summed E-state index contributed by atoms with van der Waals surface area (Å²) in [6.45, 7) is 1.97. The summed E-state index contributed by atoms with van der Waals surface area (Å²) < 4.78 is 25.1. The van der Waals surface area contributed by atoms with Crippen molar-refractivity contribution in [1.29, 1.82) is 0 Å².